The second-order valence-electron chi connectivity index (χ2n) is 5.85. The van der Waals surface area contributed by atoms with Gasteiger partial charge >= 0.3 is 0 Å². The van der Waals surface area contributed by atoms with Crippen molar-refractivity contribution in [3.05, 3.63) is 29.8 Å². The fourth-order valence-corrected chi connectivity index (χ4v) is 3.54. The fourth-order valence-electron chi connectivity index (χ4n) is 2.74. The highest BCUT2D eigenvalue weighted by atomic mass is 32.2. The van der Waals surface area contributed by atoms with Crippen molar-refractivity contribution in [3.8, 4) is 0 Å². The van der Waals surface area contributed by atoms with E-state index in [-0.39, 0.29) is 5.91 Å². The van der Waals surface area contributed by atoms with Crippen LogP contribution < -0.4 is 0 Å². The molecule has 0 unspecified atom stereocenters. The Morgan fingerprint density at radius 2 is 1.79 bits per heavy atom. The van der Waals surface area contributed by atoms with E-state index in [1.165, 1.54) is 16.9 Å². The van der Waals surface area contributed by atoms with Gasteiger partial charge in [-0.25, -0.2) is 0 Å². The molecule has 1 amide bonds. The van der Waals surface area contributed by atoms with Gasteiger partial charge in [0.05, 0.1) is 5.75 Å². The maximum Gasteiger partial charge on any atom is 0.232 e. The molecule has 0 radical (unpaired) electrons. The van der Waals surface area contributed by atoms with Crippen LogP contribution in [0, 0.1) is 18.8 Å². The van der Waals surface area contributed by atoms with Gasteiger partial charge in [0.25, 0.3) is 0 Å². The molecule has 19 heavy (non-hydrogen) atoms. The summed E-state index contributed by atoms with van der Waals surface area (Å²) in [6.07, 6.45) is 1.24. The highest BCUT2D eigenvalue weighted by molar-refractivity contribution is 8.00. The Kier molecular flexibility index (Phi) is 4.92. The molecule has 2 atom stereocenters. The zero-order chi connectivity index (χ0) is 13.8. The van der Waals surface area contributed by atoms with E-state index in [0.29, 0.717) is 17.6 Å². The molecule has 1 aliphatic heterocycles. The smallest absolute Gasteiger partial charge is 0.232 e. The van der Waals surface area contributed by atoms with E-state index in [4.69, 9.17) is 0 Å². The summed E-state index contributed by atoms with van der Waals surface area (Å²) in [5.74, 6) is 2.11. The first-order valence-electron chi connectivity index (χ1n) is 7.02. The van der Waals surface area contributed by atoms with Crippen molar-refractivity contribution in [3.63, 3.8) is 0 Å². The van der Waals surface area contributed by atoms with Crippen LogP contribution in [0.4, 0.5) is 0 Å². The van der Waals surface area contributed by atoms with Gasteiger partial charge < -0.3 is 4.90 Å². The van der Waals surface area contributed by atoms with Crippen LogP contribution in [0.15, 0.2) is 29.2 Å². The minimum Gasteiger partial charge on any atom is -0.341 e. The van der Waals surface area contributed by atoms with Gasteiger partial charge in [-0.05, 0) is 37.3 Å². The molecular weight excluding hydrogens is 254 g/mol. The Balaban J connectivity index is 1.85. The number of aryl methyl sites for hydroxylation is 1. The zero-order valence-electron chi connectivity index (χ0n) is 12.1. The summed E-state index contributed by atoms with van der Waals surface area (Å²) in [5.41, 5.74) is 1.26. The maximum absolute atomic E-state index is 12.2. The van der Waals surface area contributed by atoms with Crippen molar-refractivity contribution < 1.29 is 4.79 Å². The summed E-state index contributed by atoms with van der Waals surface area (Å²) in [6.45, 7) is 8.41. The van der Waals surface area contributed by atoms with Crippen molar-refractivity contribution in [1.29, 1.82) is 0 Å². The predicted molar refractivity (Wildman–Crippen MR) is 81.4 cm³/mol. The lowest BCUT2D eigenvalue weighted by molar-refractivity contribution is -0.130. The van der Waals surface area contributed by atoms with E-state index in [1.807, 2.05) is 4.90 Å². The fraction of sp³-hybridized carbons (Fsp3) is 0.562. The molecule has 0 aromatic heterocycles. The largest absolute Gasteiger partial charge is 0.341 e. The molecule has 1 aromatic carbocycles. The second-order valence-corrected chi connectivity index (χ2v) is 6.90. The van der Waals surface area contributed by atoms with Gasteiger partial charge in [-0.2, -0.15) is 0 Å². The SMILES string of the molecule is Cc1ccc(SCC(=O)N2C[C@H](C)C[C@H](C)C2)cc1. The van der Waals surface area contributed by atoms with Crippen molar-refractivity contribution in [2.75, 3.05) is 18.8 Å². The zero-order valence-corrected chi connectivity index (χ0v) is 12.9. The average molecular weight is 277 g/mol. The topological polar surface area (TPSA) is 20.3 Å². The lowest BCUT2D eigenvalue weighted by Crippen LogP contribution is -2.43. The molecule has 0 saturated carbocycles. The van der Waals surface area contributed by atoms with Crippen LogP contribution in [-0.2, 0) is 4.79 Å². The third-order valence-electron chi connectivity index (χ3n) is 3.60. The predicted octanol–water partition coefficient (Wildman–Crippen LogP) is 3.59. The van der Waals surface area contributed by atoms with Gasteiger partial charge in [-0.3, -0.25) is 4.79 Å². The number of hydrogen-bond acceptors (Lipinski definition) is 2. The Bertz CT molecular complexity index is 419. The van der Waals surface area contributed by atoms with Crippen molar-refractivity contribution in [2.24, 2.45) is 11.8 Å². The third kappa shape index (κ3) is 4.27. The van der Waals surface area contributed by atoms with Crippen molar-refractivity contribution in [1.82, 2.24) is 4.90 Å². The second kappa shape index (κ2) is 6.47. The van der Waals surface area contributed by atoms with Gasteiger partial charge in [0.2, 0.25) is 5.91 Å². The van der Waals surface area contributed by atoms with Gasteiger partial charge in [-0.1, -0.05) is 31.5 Å². The van der Waals surface area contributed by atoms with Gasteiger partial charge in [-0.15, -0.1) is 11.8 Å². The van der Waals surface area contributed by atoms with Gasteiger partial charge in [0.15, 0.2) is 0 Å². The summed E-state index contributed by atoms with van der Waals surface area (Å²) in [5, 5.41) is 0. The van der Waals surface area contributed by atoms with Crippen LogP contribution in [0.3, 0.4) is 0 Å². The number of piperidine rings is 1. The normalized spacial score (nSPS) is 23.4. The number of hydrogen-bond donors (Lipinski definition) is 0. The number of likely N-dealkylation sites (tertiary alicyclic amines) is 1. The van der Waals surface area contributed by atoms with E-state index in [1.54, 1.807) is 11.8 Å². The van der Waals surface area contributed by atoms with Crippen LogP contribution in [0.25, 0.3) is 0 Å². The van der Waals surface area contributed by atoms with E-state index in [9.17, 15) is 4.79 Å². The summed E-state index contributed by atoms with van der Waals surface area (Å²) in [4.78, 5) is 15.5. The molecule has 0 N–H and O–H groups in total. The molecule has 104 valence electrons. The minimum atomic E-state index is 0.281. The lowest BCUT2D eigenvalue weighted by Gasteiger charge is -2.35. The van der Waals surface area contributed by atoms with Gasteiger partial charge in [0.1, 0.15) is 0 Å². The Labute approximate surface area is 120 Å². The molecule has 0 spiro atoms. The Hall–Kier alpha value is -0.960. The number of carbonyl (C=O) groups is 1. The summed E-state index contributed by atoms with van der Waals surface area (Å²) in [6, 6.07) is 8.37. The number of rotatable bonds is 3. The molecule has 0 aliphatic carbocycles. The van der Waals surface area contributed by atoms with Crippen LogP contribution in [0.1, 0.15) is 25.8 Å². The first-order chi connectivity index (χ1) is 9.04. The summed E-state index contributed by atoms with van der Waals surface area (Å²) >= 11 is 1.64. The number of benzene rings is 1. The highest BCUT2D eigenvalue weighted by Crippen LogP contribution is 2.23. The van der Waals surface area contributed by atoms with E-state index >= 15 is 0 Å². The number of amides is 1. The number of carbonyl (C=O) groups excluding carboxylic acids is 1. The van der Waals surface area contributed by atoms with Crippen LogP contribution in [-0.4, -0.2) is 29.6 Å². The molecule has 1 heterocycles. The quantitative estimate of drug-likeness (QED) is 0.787. The Morgan fingerprint density at radius 3 is 2.37 bits per heavy atom. The Morgan fingerprint density at radius 1 is 1.21 bits per heavy atom. The van der Waals surface area contributed by atoms with E-state index < -0.39 is 0 Å². The highest BCUT2D eigenvalue weighted by Gasteiger charge is 2.25. The molecular formula is C16H23NOS. The van der Waals surface area contributed by atoms with Gasteiger partial charge in [0, 0.05) is 18.0 Å². The molecule has 2 rings (SSSR count). The first-order valence-corrected chi connectivity index (χ1v) is 8.00. The third-order valence-corrected chi connectivity index (χ3v) is 4.60. The monoisotopic (exact) mass is 277 g/mol. The number of nitrogens with zero attached hydrogens (tertiary/aromatic N) is 1. The molecule has 1 saturated heterocycles. The standard InChI is InChI=1S/C16H23NOS/c1-12-4-6-15(7-5-12)19-11-16(18)17-9-13(2)8-14(3)10-17/h4-7,13-14H,8-11H2,1-3H3/t13-,14+. The lowest BCUT2D eigenvalue weighted by atomic mass is 9.92. The van der Waals surface area contributed by atoms with Crippen LogP contribution in [0.2, 0.25) is 0 Å². The molecule has 0 bridgehead atoms. The molecule has 1 fully saturated rings. The maximum atomic E-state index is 12.2. The molecule has 1 aromatic rings. The van der Waals surface area contributed by atoms with Crippen LogP contribution >= 0.6 is 11.8 Å². The molecule has 2 nitrogen and oxygen atoms in total. The van der Waals surface area contributed by atoms with E-state index in [0.717, 1.165) is 13.1 Å². The molecule has 1 aliphatic rings. The first kappa shape index (κ1) is 14.4. The average Bonchev–Trinajstić information content (AvgIpc) is 2.36. The summed E-state index contributed by atoms with van der Waals surface area (Å²) < 4.78 is 0. The van der Waals surface area contributed by atoms with Crippen LogP contribution in [0.5, 0.6) is 0 Å². The number of thioether (sulfide) groups is 1. The van der Waals surface area contributed by atoms with E-state index in [2.05, 4.69) is 45.0 Å². The minimum absolute atomic E-state index is 0.281. The van der Waals surface area contributed by atoms with Crippen molar-refractivity contribution >= 4 is 17.7 Å². The summed E-state index contributed by atoms with van der Waals surface area (Å²) in [7, 11) is 0. The van der Waals surface area contributed by atoms with Crippen molar-refractivity contribution in [2.45, 2.75) is 32.1 Å². The molecule has 3 heteroatoms.